The van der Waals surface area contributed by atoms with Crippen molar-refractivity contribution in [2.45, 2.75) is 26.7 Å². The van der Waals surface area contributed by atoms with Crippen LogP contribution in [0.2, 0.25) is 0 Å². The topological polar surface area (TPSA) is 75.3 Å². The number of nitrogens with two attached hydrogens (primary N) is 1. The lowest BCUT2D eigenvalue weighted by Gasteiger charge is -2.09. The number of nitrogens with one attached hydrogen (secondary N) is 1. The predicted octanol–water partition coefficient (Wildman–Crippen LogP) is 2.82. The molecule has 0 saturated carbocycles. The Balaban J connectivity index is 2.54. The van der Waals surface area contributed by atoms with Crippen LogP contribution in [0, 0.1) is 5.92 Å². The van der Waals surface area contributed by atoms with Gasteiger partial charge in [0.25, 0.3) is 0 Å². The molecule has 0 heterocycles. The average Bonchev–Trinajstić information content (AvgIpc) is 2.25. The van der Waals surface area contributed by atoms with E-state index in [1.54, 1.807) is 18.2 Å². The molecule has 4 N–H and O–H groups in total. The van der Waals surface area contributed by atoms with Gasteiger partial charge in [-0.1, -0.05) is 13.8 Å². The maximum Gasteiger partial charge on any atom is 0.337 e. The first-order valence-corrected chi connectivity index (χ1v) is 5.87. The fourth-order valence-electron chi connectivity index (χ4n) is 1.59. The molecule has 1 rings (SSSR count). The maximum atomic E-state index is 10.9. The van der Waals surface area contributed by atoms with E-state index in [1.165, 1.54) is 0 Å². The summed E-state index contributed by atoms with van der Waals surface area (Å²) in [5.41, 5.74) is 6.83. The Bertz CT molecular complexity index is 389. The van der Waals surface area contributed by atoms with Crippen LogP contribution in [-0.2, 0) is 0 Å². The molecule has 0 amide bonds. The van der Waals surface area contributed by atoms with Gasteiger partial charge in [0.1, 0.15) is 0 Å². The van der Waals surface area contributed by atoms with Crippen LogP contribution >= 0.6 is 0 Å². The van der Waals surface area contributed by atoms with Gasteiger partial charge < -0.3 is 16.2 Å². The summed E-state index contributed by atoms with van der Waals surface area (Å²) in [4.78, 5) is 10.9. The highest BCUT2D eigenvalue weighted by Crippen LogP contribution is 2.18. The Morgan fingerprint density at radius 3 is 2.76 bits per heavy atom. The molecule has 0 unspecified atom stereocenters. The quantitative estimate of drug-likeness (QED) is 0.524. The maximum absolute atomic E-state index is 10.9. The lowest BCUT2D eigenvalue weighted by Crippen LogP contribution is -2.06. The van der Waals surface area contributed by atoms with Crippen LogP contribution in [0.1, 0.15) is 37.0 Å². The number of carboxylic acids is 1. The van der Waals surface area contributed by atoms with E-state index in [-0.39, 0.29) is 5.56 Å². The number of nitrogen functional groups attached to an aromatic ring is 1. The second kappa shape index (κ2) is 6.13. The Morgan fingerprint density at radius 2 is 2.18 bits per heavy atom. The summed E-state index contributed by atoms with van der Waals surface area (Å²) in [7, 11) is 0. The summed E-state index contributed by atoms with van der Waals surface area (Å²) in [6.07, 6.45) is 2.23. The van der Waals surface area contributed by atoms with Gasteiger partial charge in [0.15, 0.2) is 0 Å². The smallest absolute Gasteiger partial charge is 0.337 e. The van der Waals surface area contributed by atoms with E-state index in [4.69, 9.17) is 10.8 Å². The number of aromatic carboxylic acids is 1. The molecule has 0 radical (unpaired) electrons. The molecule has 0 aliphatic carbocycles. The second-order valence-electron chi connectivity index (χ2n) is 4.57. The van der Waals surface area contributed by atoms with Gasteiger partial charge in [0, 0.05) is 17.9 Å². The van der Waals surface area contributed by atoms with Gasteiger partial charge >= 0.3 is 5.97 Å². The van der Waals surface area contributed by atoms with Crippen molar-refractivity contribution in [3.05, 3.63) is 23.8 Å². The zero-order chi connectivity index (χ0) is 12.8. The largest absolute Gasteiger partial charge is 0.478 e. The molecular weight excluding hydrogens is 216 g/mol. The third kappa shape index (κ3) is 4.34. The van der Waals surface area contributed by atoms with Gasteiger partial charge in [-0.2, -0.15) is 0 Å². The second-order valence-corrected chi connectivity index (χ2v) is 4.57. The van der Waals surface area contributed by atoms with E-state index in [9.17, 15) is 4.79 Å². The van der Waals surface area contributed by atoms with Crippen LogP contribution < -0.4 is 11.1 Å². The lowest BCUT2D eigenvalue weighted by atomic mass is 10.1. The van der Waals surface area contributed by atoms with Crippen LogP contribution in [-0.4, -0.2) is 17.6 Å². The van der Waals surface area contributed by atoms with Gasteiger partial charge in [0.2, 0.25) is 0 Å². The van der Waals surface area contributed by atoms with Crippen molar-refractivity contribution >= 4 is 17.3 Å². The first-order chi connectivity index (χ1) is 8.00. The third-order valence-electron chi connectivity index (χ3n) is 2.57. The van der Waals surface area contributed by atoms with Crippen LogP contribution in [0.4, 0.5) is 11.4 Å². The minimum absolute atomic E-state index is 0.152. The standard InChI is InChI=1S/C13H20N2O2/c1-9(2)4-3-7-15-10-5-6-12(14)11(8-10)13(16)17/h5-6,8-9,15H,3-4,7,14H2,1-2H3,(H,16,17). The van der Waals surface area contributed by atoms with E-state index in [2.05, 4.69) is 19.2 Å². The molecule has 0 spiro atoms. The summed E-state index contributed by atoms with van der Waals surface area (Å²) in [5.74, 6) is -0.300. The van der Waals surface area contributed by atoms with Crippen molar-refractivity contribution < 1.29 is 9.90 Å². The van der Waals surface area contributed by atoms with E-state index >= 15 is 0 Å². The van der Waals surface area contributed by atoms with E-state index in [0.29, 0.717) is 11.6 Å². The average molecular weight is 236 g/mol. The van der Waals surface area contributed by atoms with Crippen molar-refractivity contribution in [3.63, 3.8) is 0 Å². The Kier molecular flexibility index (Phi) is 4.82. The molecule has 1 aromatic carbocycles. The SMILES string of the molecule is CC(C)CCCNc1ccc(N)c(C(=O)O)c1. The van der Waals surface area contributed by atoms with Crippen molar-refractivity contribution in [1.82, 2.24) is 0 Å². The van der Waals surface area contributed by atoms with E-state index in [0.717, 1.165) is 25.1 Å². The number of rotatable bonds is 6. The monoisotopic (exact) mass is 236 g/mol. The molecular formula is C13H20N2O2. The number of anilines is 2. The van der Waals surface area contributed by atoms with Gasteiger partial charge in [-0.05, 0) is 37.0 Å². The van der Waals surface area contributed by atoms with E-state index in [1.807, 2.05) is 0 Å². The number of hydrogen-bond donors (Lipinski definition) is 3. The Morgan fingerprint density at radius 1 is 1.47 bits per heavy atom. The first kappa shape index (κ1) is 13.4. The number of carbonyl (C=O) groups is 1. The number of benzene rings is 1. The van der Waals surface area contributed by atoms with Gasteiger partial charge in [-0.25, -0.2) is 4.79 Å². The molecule has 1 aromatic rings. The molecule has 0 atom stereocenters. The van der Waals surface area contributed by atoms with Crippen molar-refractivity contribution in [2.24, 2.45) is 5.92 Å². The summed E-state index contributed by atoms with van der Waals surface area (Å²) in [6, 6.07) is 5.00. The molecule has 4 heteroatoms. The van der Waals surface area contributed by atoms with Gasteiger partial charge in [-0.3, -0.25) is 0 Å². The summed E-state index contributed by atoms with van der Waals surface area (Å²) in [6.45, 7) is 5.22. The molecule has 94 valence electrons. The summed E-state index contributed by atoms with van der Waals surface area (Å²) in [5, 5.41) is 12.1. The van der Waals surface area contributed by atoms with Crippen LogP contribution in [0.25, 0.3) is 0 Å². The van der Waals surface area contributed by atoms with Gasteiger partial charge in [-0.15, -0.1) is 0 Å². The highest BCUT2D eigenvalue weighted by atomic mass is 16.4. The first-order valence-electron chi connectivity index (χ1n) is 5.87. The van der Waals surface area contributed by atoms with E-state index < -0.39 is 5.97 Å². The predicted molar refractivity (Wildman–Crippen MR) is 70.4 cm³/mol. The Hall–Kier alpha value is -1.71. The fourth-order valence-corrected chi connectivity index (χ4v) is 1.59. The van der Waals surface area contributed by atoms with Crippen molar-refractivity contribution in [1.29, 1.82) is 0 Å². The molecule has 0 fully saturated rings. The van der Waals surface area contributed by atoms with Crippen molar-refractivity contribution in [3.8, 4) is 0 Å². The van der Waals surface area contributed by atoms with Crippen molar-refractivity contribution in [2.75, 3.05) is 17.6 Å². The lowest BCUT2D eigenvalue weighted by molar-refractivity contribution is 0.0698. The van der Waals surface area contributed by atoms with Crippen LogP contribution in [0.15, 0.2) is 18.2 Å². The Labute approximate surface area is 102 Å². The summed E-state index contributed by atoms with van der Waals surface area (Å²) < 4.78 is 0. The number of carboxylic acid groups (broad SMARTS) is 1. The molecule has 4 nitrogen and oxygen atoms in total. The third-order valence-corrected chi connectivity index (χ3v) is 2.57. The molecule has 0 saturated heterocycles. The molecule has 0 aliphatic heterocycles. The fraction of sp³-hybridized carbons (Fsp3) is 0.462. The van der Waals surface area contributed by atoms with Crippen LogP contribution in [0.5, 0.6) is 0 Å². The molecule has 0 aliphatic rings. The number of hydrogen-bond acceptors (Lipinski definition) is 3. The highest BCUT2D eigenvalue weighted by molar-refractivity contribution is 5.94. The zero-order valence-electron chi connectivity index (χ0n) is 10.4. The normalized spacial score (nSPS) is 10.5. The summed E-state index contributed by atoms with van der Waals surface area (Å²) >= 11 is 0. The van der Waals surface area contributed by atoms with Crippen LogP contribution in [0.3, 0.4) is 0 Å². The molecule has 0 aromatic heterocycles. The minimum Gasteiger partial charge on any atom is -0.478 e. The molecule has 17 heavy (non-hydrogen) atoms. The van der Waals surface area contributed by atoms with Gasteiger partial charge in [0.05, 0.1) is 5.56 Å². The zero-order valence-corrected chi connectivity index (χ0v) is 10.4. The molecule has 0 bridgehead atoms. The highest BCUT2D eigenvalue weighted by Gasteiger charge is 2.08. The minimum atomic E-state index is -0.992.